The van der Waals surface area contributed by atoms with E-state index in [9.17, 15) is 13.2 Å². The zero-order valence-corrected chi connectivity index (χ0v) is 16.6. The zero-order valence-electron chi connectivity index (χ0n) is 16.6. The molecule has 0 spiro atoms. The Hall–Kier alpha value is -2.51. The minimum Gasteiger partial charge on any atom is -0.494 e. The van der Waals surface area contributed by atoms with Gasteiger partial charge in [-0.05, 0) is 31.9 Å². The second-order valence-electron chi connectivity index (χ2n) is 6.48. The highest BCUT2D eigenvalue weighted by molar-refractivity contribution is 5.64. The van der Waals surface area contributed by atoms with Gasteiger partial charge >= 0.3 is 12.2 Å². The predicted molar refractivity (Wildman–Crippen MR) is 102 cm³/mol. The molecular weight excluding hydrogens is 371 g/mol. The molecule has 0 saturated heterocycles. The number of halogens is 3. The van der Waals surface area contributed by atoms with E-state index in [1.165, 1.54) is 11.9 Å². The third kappa shape index (κ3) is 5.74. The van der Waals surface area contributed by atoms with Gasteiger partial charge in [0.2, 0.25) is 0 Å². The molecule has 1 heterocycles. The van der Waals surface area contributed by atoms with Crippen LogP contribution in [-0.2, 0) is 6.18 Å². The minimum absolute atomic E-state index is 0.0837. The summed E-state index contributed by atoms with van der Waals surface area (Å²) in [4.78, 5) is 9.13. The molecule has 1 unspecified atom stereocenters. The lowest BCUT2D eigenvalue weighted by molar-refractivity contribution is -0.137. The third-order valence-corrected chi connectivity index (χ3v) is 4.22. The van der Waals surface area contributed by atoms with Crippen LogP contribution < -0.4 is 14.4 Å². The molecule has 0 aliphatic heterocycles. The first-order chi connectivity index (χ1) is 13.3. The van der Waals surface area contributed by atoms with Crippen molar-refractivity contribution in [1.82, 2.24) is 9.97 Å². The second kappa shape index (κ2) is 9.61. The fourth-order valence-electron chi connectivity index (χ4n) is 2.37. The van der Waals surface area contributed by atoms with E-state index in [2.05, 4.69) is 16.9 Å². The molecule has 0 radical (unpaired) electrons. The van der Waals surface area contributed by atoms with Crippen molar-refractivity contribution in [2.75, 3.05) is 18.6 Å². The summed E-state index contributed by atoms with van der Waals surface area (Å²) < 4.78 is 51.7. The van der Waals surface area contributed by atoms with E-state index in [-0.39, 0.29) is 17.9 Å². The molecule has 8 heteroatoms. The molecule has 2 rings (SSSR count). The van der Waals surface area contributed by atoms with Crippen LogP contribution in [0.15, 0.2) is 30.5 Å². The van der Waals surface area contributed by atoms with Gasteiger partial charge in [-0.2, -0.15) is 18.2 Å². The van der Waals surface area contributed by atoms with Crippen molar-refractivity contribution in [2.24, 2.45) is 0 Å². The molecule has 1 aromatic carbocycles. The molecular formula is C20H26F3N3O2. The minimum atomic E-state index is -4.59. The van der Waals surface area contributed by atoms with Crippen LogP contribution in [0.25, 0.3) is 0 Å². The van der Waals surface area contributed by atoms with Crippen LogP contribution in [0.3, 0.4) is 0 Å². The monoisotopic (exact) mass is 397 g/mol. The Morgan fingerprint density at radius 2 is 1.96 bits per heavy atom. The summed E-state index contributed by atoms with van der Waals surface area (Å²) in [6.07, 6.45) is -1.45. The standard InChI is InChI=1S/C20H26F3N3O2/c1-5-7-11-27-16-10-8-9-15(12-16)26(4)18-17(20(21,22)23)13-24-19(25-18)28-14(3)6-2/h8-10,12-14H,5-7,11H2,1-4H3. The first-order valence-electron chi connectivity index (χ1n) is 9.33. The number of ether oxygens (including phenoxy) is 2. The third-order valence-electron chi connectivity index (χ3n) is 4.22. The highest BCUT2D eigenvalue weighted by Gasteiger charge is 2.37. The van der Waals surface area contributed by atoms with Gasteiger partial charge < -0.3 is 14.4 Å². The summed E-state index contributed by atoms with van der Waals surface area (Å²) in [6, 6.07) is 6.81. The van der Waals surface area contributed by atoms with Gasteiger partial charge in [0.1, 0.15) is 11.3 Å². The van der Waals surface area contributed by atoms with Crippen LogP contribution in [0.1, 0.15) is 45.6 Å². The van der Waals surface area contributed by atoms with Crippen molar-refractivity contribution in [3.8, 4) is 11.8 Å². The van der Waals surface area contributed by atoms with Crippen LogP contribution in [0.2, 0.25) is 0 Å². The number of nitrogens with zero attached hydrogens (tertiary/aromatic N) is 3. The number of rotatable bonds is 9. The van der Waals surface area contributed by atoms with Crippen molar-refractivity contribution in [3.05, 3.63) is 36.0 Å². The van der Waals surface area contributed by atoms with Crippen LogP contribution in [-0.4, -0.2) is 29.7 Å². The summed E-state index contributed by atoms with van der Waals surface area (Å²) in [5.74, 6) is 0.322. The maximum absolute atomic E-state index is 13.5. The fraction of sp³-hybridized carbons (Fsp3) is 0.500. The Balaban J connectivity index is 2.37. The second-order valence-corrected chi connectivity index (χ2v) is 6.48. The molecule has 5 nitrogen and oxygen atoms in total. The van der Waals surface area contributed by atoms with E-state index in [1.807, 2.05) is 13.8 Å². The van der Waals surface area contributed by atoms with Gasteiger partial charge in [0.25, 0.3) is 0 Å². The van der Waals surface area contributed by atoms with E-state index < -0.39 is 11.7 Å². The summed E-state index contributed by atoms with van der Waals surface area (Å²) in [5.41, 5.74) is -0.406. The molecule has 0 N–H and O–H groups in total. The smallest absolute Gasteiger partial charge is 0.421 e. The average Bonchev–Trinajstić information content (AvgIpc) is 2.67. The molecule has 1 aromatic heterocycles. The van der Waals surface area contributed by atoms with Crippen LogP contribution >= 0.6 is 0 Å². The van der Waals surface area contributed by atoms with Crippen molar-refractivity contribution < 1.29 is 22.6 Å². The molecule has 0 aliphatic carbocycles. The summed E-state index contributed by atoms with van der Waals surface area (Å²) >= 11 is 0. The van der Waals surface area contributed by atoms with Crippen molar-refractivity contribution in [1.29, 1.82) is 0 Å². The average molecular weight is 397 g/mol. The fourth-order valence-corrected chi connectivity index (χ4v) is 2.37. The van der Waals surface area contributed by atoms with Gasteiger partial charge in [-0.3, -0.25) is 0 Å². The molecule has 0 fully saturated rings. The van der Waals surface area contributed by atoms with Gasteiger partial charge in [0.05, 0.1) is 12.7 Å². The summed E-state index contributed by atoms with van der Waals surface area (Å²) in [6.45, 7) is 6.33. The first kappa shape index (κ1) is 21.8. The Kier molecular flexibility index (Phi) is 7.48. The molecule has 0 saturated carbocycles. The lowest BCUT2D eigenvalue weighted by Gasteiger charge is -2.23. The highest BCUT2D eigenvalue weighted by Crippen LogP contribution is 2.38. The number of benzene rings is 1. The van der Waals surface area contributed by atoms with Crippen molar-refractivity contribution in [2.45, 2.75) is 52.3 Å². The van der Waals surface area contributed by atoms with Gasteiger partial charge in [-0.15, -0.1) is 0 Å². The maximum atomic E-state index is 13.5. The number of anilines is 2. The topological polar surface area (TPSA) is 47.5 Å². The van der Waals surface area contributed by atoms with Crippen LogP contribution in [0, 0.1) is 0 Å². The molecule has 28 heavy (non-hydrogen) atoms. The first-order valence-corrected chi connectivity index (χ1v) is 9.33. The van der Waals surface area contributed by atoms with Gasteiger partial charge in [-0.1, -0.05) is 26.3 Å². The Morgan fingerprint density at radius 1 is 1.21 bits per heavy atom. The summed E-state index contributed by atoms with van der Waals surface area (Å²) in [5, 5.41) is 0. The lowest BCUT2D eigenvalue weighted by atomic mass is 10.2. The molecule has 0 amide bonds. The van der Waals surface area contributed by atoms with Crippen molar-refractivity contribution in [3.63, 3.8) is 0 Å². The quantitative estimate of drug-likeness (QED) is 0.514. The molecule has 1 atom stereocenters. The number of unbranched alkanes of at least 4 members (excludes halogenated alkanes) is 1. The van der Waals surface area contributed by atoms with Gasteiger partial charge in [-0.25, -0.2) is 4.98 Å². The number of aromatic nitrogens is 2. The van der Waals surface area contributed by atoms with Gasteiger partial charge in [0.15, 0.2) is 5.82 Å². The number of hydrogen-bond acceptors (Lipinski definition) is 5. The molecule has 0 aliphatic rings. The molecule has 154 valence electrons. The van der Waals surface area contributed by atoms with Crippen molar-refractivity contribution >= 4 is 11.5 Å². The highest BCUT2D eigenvalue weighted by atomic mass is 19.4. The SMILES string of the molecule is CCCCOc1cccc(N(C)c2nc(OC(C)CC)ncc2C(F)(F)F)c1. The van der Waals surface area contributed by atoms with Crippen LogP contribution in [0.5, 0.6) is 11.8 Å². The van der Waals surface area contributed by atoms with E-state index >= 15 is 0 Å². The molecule has 2 aromatic rings. The van der Waals surface area contributed by atoms with E-state index in [1.54, 1.807) is 24.3 Å². The van der Waals surface area contributed by atoms with E-state index in [0.29, 0.717) is 24.5 Å². The Labute approximate surface area is 163 Å². The zero-order chi connectivity index (χ0) is 20.7. The lowest BCUT2D eigenvalue weighted by Crippen LogP contribution is -2.20. The normalized spacial score (nSPS) is 12.5. The number of alkyl halides is 3. The maximum Gasteiger partial charge on any atom is 0.421 e. The van der Waals surface area contributed by atoms with Gasteiger partial charge in [0, 0.05) is 25.0 Å². The molecule has 0 bridgehead atoms. The Morgan fingerprint density at radius 3 is 2.61 bits per heavy atom. The van der Waals surface area contributed by atoms with E-state index in [0.717, 1.165) is 19.0 Å². The number of hydrogen-bond donors (Lipinski definition) is 0. The largest absolute Gasteiger partial charge is 0.494 e. The van der Waals surface area contributed by atoms with E-state index in [4.69, 9.17) is 9.47 Å². The Bertz CT molecular complexity index is 769. The summed E-state index contributed by atoms with van der Waals surface area (Å²) in [7, 11) is 1.52. The predicted octanol–water partition coefficient (Wildman–Crippen LogP) is 5.62. The van der Waals surface area contributed by atoms with Crippen LogP contribution in [0.4, 0.5) is 24.7 Å².